The van der Waals surface area contributed by atoms with Crippen molar-refractivity contribution < 1.29 is 58.3 Å². The fourth-order valence-corrected chi connectivity index (χ4v) is 2.73. The van der Waals surface area contributed by atoms with Gasteiger partial charge in [0.05, 0.1) is 5.41 Å². The number of carbonyl (C=O) groups is 6. The maximum Gasteiger partial charge on any atom is 0.320 e. The van der Waals surface area contributed by atoms with E-state index in [4.69, 9.17) is 29.5 Å². The number of carbonyl (C=O) groups excluding carboxylic acids is 3. The number of esters is 3. The van der Waals surface area contributed by atoms with E-state index >= 15 is 0 Å². The molecule has 12 nitrogen and oxygen atoms in total. The Kier molecular flexibility index (Phi) is 12.7. The van der Waals surface area contributed by atoms with Crippen LogP contribution in [0, 0.1) is 23.2 Å². The Hall–Kier alpha value is -3.18. The molecule has 0 fully saturated rings. The fourth-order valence-electron chi connectivity index (χ4n) is 2.73. The van der Waals surface area contributed by atoms with Crippen LogP contribution in [0.2, 0.25) is 0 Å². The number of carboxylic acid groups (broad SMARTS) is 3. The van der Waals surface area contributed by atoms with Gasteiger partial charge < -0.3 is 29.5 Å². The predicted octanol–water partition coefficient (Wildman–Crippen LogP) is 1.34. The van der Waals surface area contributed by atoms with Crippen LogP contribution in [-0.4, -0.2) is 71.0 Å². The molecule has 188 valence electrons. The van der Waals surface area contributed by atoms with E-state index < -0.39 is 78.8 Å². The second kappa shape index (κ2) is 14.1. The monoisotopic (exact) mass is 476 g/mol. The standard InChI is InChI=1S/C21H32O12/c1-5-12(15(22)23)18(28)31-9-21(8-4,10-32-19(29)13(6-2)16(24)25)11-33-20(30)14(7-3)17(26)27/h12-14H,5-11H2,1-4H3,(H,22,23)(H,24,25)(H,26,27). The number of hydrogen-bond acceptors (Lipinski definition) is 9. The van der Waals surface area contributed by atoms with Gasteiger partial charge in [0.2, 0.25) is 0 Å². The summed E-state index contributed by atoms with van der Waals surface area (Å²) in [7, 11) is 0. The lowest BCUT2D eigenvalue weighted by atomic mass is 9.87. The summed E-state index contributed by atoms with van der Waals surface area (Å²) in [4.78, 5) is 70.1. The van der Waals surface area contributed by atoms with Crippen molar-refractivity contribution in [2.75, 3.05) is 19.8 Å². The first-order chi connectivity index (χ1) is 15.4. The minimum absolute atomic E-state index is 0.0369. The largest absolute Gasteiger partial charge is 0.481 e. The Morgan fingerprint density at radius 2 is 0.818 bits per heavy atom. The number of aliphatic carboxylic acids is 3. The van der Waals surface area contributed by atoms with Crippen LogP contribution in [0.4, 0.5) is 0 Å². The van der Waals surface area contributed by atoms with Gasteiger partial charge in [-0.15, -0.1) is 0 Å². The normalized spacial score (nSPS) is 15.3. The molecule has 3 N–H and O–H groups in total. The molecule has 3 unspecified atom stereocenters. The molecule has 0 saturated heterocycles. The van der Waals surface area contributed by atoms with Crippen molar-refractivity contribution in [2.24, 2.45) is 23.2 Å². The molecule has 0 spiro atoms. The Morgan fingerprint density at radius 3 is 0.970 bits per heavy atom. The molecular weight excluding hydrogens is 444 g/mol. The maximum atomic E-state index is 12.2. The van der Waals surface area contributed by atoms with Crippen LogP contribution in [0.15, 0.2) is 0 Å². The van der Waals surface area contributed by atoms with Gasteiger partial charge in [0, 0.05) is 0 Å². The molecule has 0 aromatic rings. The van der Waals surface area contributed by atoms with Crippen LogP contribution >= 0.6 is 0 Å². The molecule has 12 heteroatoms. The van der Waals surface area contributed by atoms with Gasteiger partial charge in [-0.3, -0.25) is 28.8 Å². The van der Waals surface area contributed by atoms with Gasteiger partial charge in [-0.05, 0) is 25.7 Å². The van der Waals surface area contributed by atoms with Crippen molar-refractivity contribution in [1.82, 2.24) is 0 Å². The summed E-state index contributed by atoms with van der Waals surface area (Å²) in [5.41, 5.74) is -1.36. The first kappa shape index (κ1) is 29.8. The van der Waals surface area contributed by atoms with E-state index in [1.165, 1.54) is 20.8 Å². The lowest BCUT2D eigenvalue weighted by Gasteiger charge is -2.32. The smallest absolute Gasteiger partial charge is 0.320 e. The Morgan fingerprint density at radius 1 is 0.576 bits per heavy atom. The van der Waals surface area contributed by atoms with E-state index in [0.29, 0.717) is 0 Å². The zero-order valence-electron chi connectivity index (χ0n) is 19.2. The summed E-state index contributed by atoms with van der Waals surface area (Å²) in [6.45, 7) is 4.48. The van der Waals surface area contributed by atoms with Crippen molar-refractivity contribution >= 4 is 35.8 Å². The summed E-state index contributed by atoms with van der Waals surface area (Å²) in [6, 6.07) is 0. The number of rotatable bonds is 16. The average Bonchev–Trinajstić information content (AvgIpc) is 2.74. The van der Waals surface area contributed by atoms with Crippen LogP contribution in [0.3, 0.4) is 0 Å². The maximum absolute atomic E-state index is 12.2. The van der Waals surface area contributed by atoms with E-state index in [1.54, 1.807) is 6.92 Å². The Labute approximate surface area is 191 Å². The quantitative estimate of drug-likeness (QED) is 0.165. The summed E-state index contributed by atoms with van der Waals surface area (Å²) in [6.07, 6.45) is -0.0149. The van der Waals surface area contributed by atoms with Gasteiger partial charge in [-0.1, -0.05) is 27.7 Å². The first-order valence-electron chi connectivity index (χ1n) is 10.6. The second-order valence-corrected chi connectivity index (χ2v) is 7.57. The van der Waals surface area contributed by atoms with Crippen molar-refractivity contribution in [3.05, 3.63) is 0 Å². The number of carboxylic acids is 3. The molecule has 0 aliphatic rings. The molecule has 0 bridgehead atoms. The van der Waals surface area contributed by atoms with Crippen LogP contribution in [-0.2, 0) is 43.0 Å². The van der Waals surface area contributed by atoms with E-state index in [-0.39, 0.29) is 25.7 Å². The van der Waals surface area contributed by atoms with Crippen molar-refractivity contribution in [1.29, 1.82) is 0 Å². The molecule has 0 heterocycles. The van der Waals surface area contributed by atoms with Crippen molar-refractivity contribution in [3.8, 4) is 0 Å². The average molecular weight is 476 g/mol. The van der Waals surface area contributed by atoms with E-state index in [0.717, 1.165) is 0 Å². The third-order valence-corrected chi connectivity index (χ3v) is 5.28. The van der Waals surface area contributed by atoms with Crippen LogP contribution in [0.1, 0.15) is 53.4 Å². The lowest BCUT2D eigenvalue weighted by Crippen LogP contribution is -2.42. The van der Waals surface area contributed by atoms with Gasteiger partial charge in [0.15, 0.2) is 17.8 Å². The summed E-state index contributed by atoms with van der Waals surface area (Å²) >= 11 is 0. The molecule has 0 radical (unpaired) electrons. The van der Waals surface area contributed by atoms with Gasteiger partial charge >= 0.3 is 35.8 Å². The van der Waals surface area contributed by atoms with Crippen LogP contribution in [0.5, 0.6) is 0 Å². The zero-order valence-corrected chi connectivity index (χ0v) is 19.2. The zero-order chi connectivity index (χ0) is 25.8. The molecule has 0 saturated carbocycles. The highest BCUT2D eigenvalue weighted by atomic mass is 16.6. The molecular formula is C21H32O12. The Bertz CT molecular complexity index is 636. The molecule has 0 aliphatic heterocycles. The highest BCUT2D eigenvalue weighted by molar-refractivity contribution is 5.95. The first-order valence-corrected chi connectivity index (χ1v) is 10.6. The molecule has 0 aromatic heterocycles. The second-order valence-electron chi connectivity index (χ2n) is 7.57. The molecule has 0 rings (SSSR count). The van der Waals surface area contributed by atoms with E-state index in [9.17, 15) is 28.8 Å². The molecule has 0 aromatic carbocycles. The van der Waals surface area contributed by atoms with Gasteiger partial charge in [0.25, 0.3) is 0 Å². The summed E-state index contributed by atoms with van der Waals surface area (Å²) in [5.74, 6) is -11.6. The molecule has 3 atom stereocenters. The van der Waals surface area contributed by atoms with Gasteiger partial charge in [-0.2, -0.15) is 0 Å². The third kappa shape index (κ3) is 9.07. The van der Waals surface area contributed by atoms with E-state index in [1.807, 2.05) is 0 Å². The van der Waals surface area contributed by atoms with E-state index in [2.05, 4.69) is 0 Å². The summed E-state index contributed by atoms with van der Waals surface area (Å²) in [5, 5.41) is 27.3. The third-order valence-electron chi connectivity index (χ3n) is 5.28. The fraction of sp³-hybridized carbons (Fsp3) is 0.714. The highest BCUT2D eigenvalue weighted by Gasteiger charge is 2.38. The molecule has 0 aliphatic carbocycles. The predicted molar refractivity (Wildman–Crippen MR) is 110 cm³/mol. The summed E-state index contributed by atoms with van der Waals surface area (Å²) < 4.78 is 15.3. The van der Waals surface area contributed by atoms with Crippen LogP contribution < -0.4 is 0 Å². The number of ether oxygens (including phenoxy) is 3. The van der Waals surface area contributed by atoms with Crippen molar-refractivity contribution in [3.63, 3.8) is 0 Å². The molecule has 0 amide bonds. The molecule has 33 heavy (non-hydrogen) atoms. The lowest BCUT2D eigenvalue weighted by molar-refractivity contribution is -0.171. The minimum atomic E-state index is -1.43. The minimum Gasteiger partial charge on any atom is -0.481 e. The Balaban J connectivity index is 5.63. The SMILES string of the molecule is CCC(C(=O)O)C(=O)OCC(CC)(COC(=O)C(CC)C(=O)O)COC(=O)C(CC)C(=O)O. The highest BCUT2D eigenvalue weighted by Crippen LogP contribution is 2.26. The number of hydrogen-bond donors (Lipinski definition) is 3. The topological polar surface area (TPSA) is 191 Å². The van der Waals surface area contributed by atoms with Gasteiger partial charge in [0.1, 0.15) is 19.8 Å². The van der Waals surface area contributed by atoms with Crippen molar-refractivity contribution in [2.45, 2.75) is 53.4 Å². The van der Waals surface area contributed by atoms with Gasteiger partial charge in [-0.25, -0.2) is 0 Å². The van der Waals surface area contributed by atoms with Crippen LogP contribution in [0.25, 0.3) is 0 Å².